The Labute approximate surface area is 76.1 Å². The first-order chi connectivity index (χ1) is 5.86. The molecule has 0 spiro atoms. The molecule has 0 unspecified atom stereocenters. The summed E-state index contributed by atoms with van der Waals surface area (Å²) < 4.78 is 4.93. The van der Waals surface area contributed by atoms with Gasteiger partial charge in [-0.1, -0.05) is 12.1 Å². The minimum Gasteiger partial charge on any atom is -0.338 e. The highest BCUT2D eigenvalue weighted by atomic mass is 32.2. The number of aromatic nitrogens is 2. The number of nitrogens with zero attached hydrogens (tertiary/aromatic N) is 2. The van der Waals surface area contributed by atoms with Crippen molar-refractivity contribution in [1.82, 2.24) is 10.1 Å². The standard InChI is InChI=1S/C7H13N3OS/c1-3-4-8-7-9-6(5-12-2)10-11-7/h3-5H2,1-2H3,(H,8,9,10). The summed E-state index contributed by atoms with van der Waals surface area (Å²) in [6.07, 6.45) is 3.07. The molecule has 1 aromatic heterocycles. The molecule has 1 N–H and O–H groups in total. The number of hydrogen-bond donors (Lipinski definition) is 1. The van der Waals surface area contributed by atoms with Crippen LogP contribution in [0.3, 0.4) is 0 Å². The van der Waals surface area contributed by atoms with Crippen LogP contribution in [-0.4, -0.2) is 22.9 Å². The molecule has 68 valence electrons. The topological polar surface area (TPSA) is 51.0 Å². The van der Waals surface area contributed by atoms with Crippen LogP contribution in [0.25, 0.3) is 0 Å². The molecule has 0 fully saturated rings. The molecule has 0 aliphatic heterocycles. The second kappa shape index (κ2) is 5.03. The van der Waals surface area contributed by atoms with E-state index in [9.17, 15) is 0 Å². The van der Waals surface area contributed by atoms with Gasteiger partial charge in [0, 0.05) is 6.54 Å². The third-order valence-corrected chi connectivity index (χ3v) is 1.81. The molecule has 0 atom stereocenters. The Hall–Kier alpha value is -0.710. The Morgan fingerprint density at radius 3 is 3.08 bits per heavy atom. The highest BCUT2D eigenvalue weighted by Gasteiger charge is 2.02. The van der Waals surface area contributed by atoms with Crippen LogP contribution >= 0.6 is 11.8 Å². The first-order valence-corrected chi connectivity index (χ1v) is 5.31. The summed E-state index contributed by atoms with van der Waals surface area (Å²) in [6, 6.07) is 0.529. The van der Waals surface area contributed by atoms with Crippen molar-refractivity contribution in [3.63, 3.8) is 0 Å². The van der Waals surface area contributed by atoms with Crippen LogP contribution in [0.5, 0.6) is 0 Å². The van der Waals surface area contributed by atoms with E-state index < -0.39 is 0 Å². The van der Waals surface area contributed by atoms with Gasteiger partial charge in [-0.25, -0.2) is 0 Å². The van der Waals surface area contributed by atoms with Crippen LogP contribution in [0.15, 0.2) is 4.52 Å². The Kier molecular flexibility index (Phi) is 3.93. The summed E-state index contributed by atoms with van der Waals surface area (Å²) in [5, 5.41) is 6.81. The third-order valence-electron chi connectivity index (χ3n) is 1.27. The molecule has 0 saturated carbocycles. The van der Waals surface area contributed by atoms with Crippen molar-refractivity contribution in [3.05, 3.63) is 5.82 Å². The molecule has 0 radical (unpaired) electrons. The fourth-order valence-electron chi connectivity index (χ4n) is 0.745. The molecule has 4 nitrogen and oxygen atoms in total. The van der Waals surface area contributed by atoms with Crippen LogP contribution in [0.2, 0.25) is 0 Å². The third kappa shape index (κ3) is 2.73. The van der Waals surface area contributed by atoms with Gasteiger partial charge < -0.3 is 9.84 Å². The second-order valence-corrected chi connectivity index (χ2v) is 3.24. The van der Waals surface area contributed by atoms with Crippen molar-refractivity contribution >= 4 is 17.8 Å². The Balaban J connectivity index is 2.41. The lowest BCUT2D eigenvalue weighted by Crippen LogP contribution is -1.99. The smallest absolute Gasteiger partial charge is 0.321 e. The van der Waals surface area contributed by atoms with E-state index >= 15 is 0 Å². The highest BCUT2D eigenvalue weighted by Crippen LogP contribution is 2.08. The zero-order valence-corrected chi connectivity index (χ0v) is 8.15. The number of hydrogen-bond acceptors (Lipinski definition) is 5. The Bertz CT molecular complexity index is 226. The van der Waals surface area contributed by atoms with Crippen molar-refractivity contribution < 1.29 is 4.52 Å². The van der Waals surface area contributed by atoms with Gasteiger partial charge in [0.25, 0.3) is 0 Å². The van der Waals surface area contributed by atoms with E-state index in [-0.39, 0.29) is 0 Å². The van der Waals surface area contributed by atoms with Gasteiger partial charge in [0.2, 0.25) is 0 Å². The summed E-state index contributed by atoms with van der Waals surface area (Å²) in [5.74, 6) is 1.55. The van der Waals surface area contributed by atoms with Crippen molar-refractivity contribution in [3.8, 4) is 0 Å². The predicted molar refractivity (Wildman–Crippen MR) is 50.3 cm³/mol. The molecule has 1 heterocycles. The van der Waals surface area contributed by atoms with E-state index in [1.54, 1.807) is 11.8 Å². The van der Waals surface area contributed by atoms with E-state index in [0.29, 0.717) is 6.01 Å². The van der Waals surface area contributed by atoms with Crippen LogP contribution in [0, 0.1) is 0 Å². The minimum absolute atomic E-state index is 0.529. The second-order valence-electron chi connectivity index (χ2n) is 2.38. The molecule has 5 heteroatoms. The van der Waals surface area contributed by atoms with Gasteiger partial charge >= 0.3 is 6.01 Å². The maximum absolute atomic E-state index is 4.93. The number of nitrogens with one attached hydrogen (secondary N) is 1. The maximum Gasteiger partial charge on any atom is 0.321 e. The van der Waals surface area contributed by atoms with Gasteiger partial charge in [-0.2, -0.15) is 16.7 Å². The van der Waals surface area contributed by atoms with Gasteiger partial charge in [0.05, 0.1) is 5.75 Å². The summed E-state index contributed by atoms with van der Waals surface area (Å²) in [5.41, 5.74) is 0. The van der Waals surface area contributed by atoms with Crippen LogP contribution in [0.1, 0.15) is 19.2 Å². The lowest BCUT2D eigenvalue weighted by atomic mass is 10.5. The SMILES string of the molecule is CCCNc1nc(CSC)no1. The van der Waals surface area contributed by atoms with Gasteiger partial charge in [0.15, 0.2) is 5.82 Å². The van der Waals surface area contributed by atoms with Crippen LogP contribution in [-0.2, 0) is 5.75 Å². The zero-order valence-electron chi connectivity index (χ0n) is 7.33. The average Bonchev–Trinajstić information content (AvgIpc) is 2.50. The summed E-state index contributed by atoms with van der Waals surface area (Å²) >= 11 is 1.68. The Morgan fingerprint density at radius 2 is 2.42 bits per heavy atom. The summed E-state index contributed by atoms with van der Waals surface area (Å²) in [6.45, 7) is 2.97. The van der Waals surface area contributed by atoms with Crippen molar-refractivity contribution in [2.24, 2.45) is 0 Å². The average molecular weight is 187 g/mol. The molecule has 0 bridgehead atoms. The quantitative estimate of drug-likeness (QED) is 0.761. The summed E-state index contributed by atoms with van der Waals surface area (Å²) in [4.78, 5) is 4.13. The van der Waals surface area contributed by atoms with Crippen molar-refractivity contribution in [2.75, 3.05) is 18.1 Å². The van der Waals surface area contributed by atoms with Gasteiger partial charge in [0.1, 0.15) is 0 Å². The number of rotatable bonds is 5. The lowest BCUT2D eigenvalue weighted by Gasteiger charge is -1.93. The fraction of sp³-hybridized carbons (Fsp3) is 0.714. The van der Waals surface area contributed by atoms with E-state index in [4.69, 9.17) is 4.52 Å². The fourth-order valence-corrected chi connectivity index (χ4v) is 1.12. The molecule has 0 aliphatic rings. The molecule has 0 aliphatic carbocycles. The van der Waals surface area contributed by atoms with Crippen molar-refractivity contribution in [2.45, 2.75) is 19.1 Å². The number of anilines is 1. The highest BCUT2D eigenvalue weighted by molar-refractivity contribution is 7.97. The Morgan fingerprint density at radius 1 is 1.58 bits per heavy atom. The van der Waals surface area contributed by atoms with Crippen LogP contribution in [0.4, 0.5) is 6.01 Å². The van der Waals surface area contributed by atoms with Crippen molar-refractivity contribution in [1.29, 1.82) is 0 Å². The van der Waals surface area contributed by atoms with Gasteiger partial charge in [-0.15, -0.1) is 0 Å². The van der Waals surface area contributed by atoms with E-state index in [0.717, 1.165) is 24.5 Å². The molecule has 0 saturated heterocycles. The normalized spacial score (nSPS) is 10.2. The molecule has 12 heavy (non-hydrogen) atoms. The van der Waals surface area contributed by atoms with Gasteiger partial charge in [-0.05, 0) is 12.7 Å². The first kappa shape index (κ1) is 9.38. The molecular formula is C7H13N3OS. The molecule has 0 amide bonds. The minimum atomic E-state index is 0.529. The van der Waals surface area contributed by atoms with E-state index in [1.165, 1.54) is 0 Å². The zero-order chi connectivity index (χ0) is 8.81. The lowest BCUT2D eigenvalue weighted by molar-refractivity contribution is 0.425. The first-order valence-electron chi connectivity index (χ1n) is 3.92. The largest absolute Gasteiger partial charge is 0.338 e. The molecule has 1 aromatic rings. The maximum atomic E-state index is 4.93. The predicted octanol–water partition coefficient (Wildman–Crippen LogP) is 1.75. The van der Waals surface area contributed by atoms with Crippen LogP contribution < -0.4 is 5.32 Å². The summed E-state index contributed by atoms with van der Waals surface area (Å²) in [7, 11) is 0. The number of thioether (sulfide) groups is 1. The monoisotopic (exact) mass is 187 g/mol. The molecule has 1 rings (SSSR count). The van der Waals surface area contributed by atoms with E-state index in [1.807, 2.05) is 6.26 Å². The molecule has 0 aromatic carbocycles. The van der Waals surface area contributed by atoms with Gasteiger partial charge in [-0.3, -0.25) is 0 Å². The van der Waals surface area contributed by atoms with E-state index in [2.05, 4.69) is 22.4 Å². The molecular weight excluding hydrogens is 174 g/mol.